The first-order chi connectivity index (χ1) is 8.60. The van der Waals surface area contributed by atoms with E-state index in [2.05, 4.69) is 5.32 Å². The van der Waals surface area contributed by atoms with Crippen molar-refractivity contribution in [3.05, 3.63) is 29.8 Å². The highest BCUT2D eigenvalue weighted by atomic mass is 32.2. The lowest BCUT2D eigenvalue weighted by molar-refractivity contribution is 0.286. The molecule has 0 aliphatic carbocycles. The van der Waals surface area contributed by atoms with E-state index in [4.69, 9.17) is 10.4 Å². The third-order valence-electron chi connectivity index (χ3n) is 2.38. The lowest BCUT2D eigenvalue weighted by Crippen LogP contribution is -2.24. The SMILES string of the molecule is N#Cc1cccc(S(=O)(=O)CCNCCCO)c1. The summed E-state index contributed by atoms with van der Waals surface area (Å²) in [6, 6.07) is 7.91. The summed E-state index contributed by atoms with van der Waals surface area (Å²) in [5.74, 6) is -0.0205. The number of aliphatic hydroxyl groups excluding tert-OH is 1. The molecule has 0 heterocycles. The maximum Gasteiger partial charge on any atom is 0.179 e. The van der Waals surface area contributed by atoms with Crippen LogP contribution < -0.4 is 5.32 Å². The fourth-order valence-corrected chi connectivity index (χ4v) is 2.65. The molecule has 0 aromatic heterocycles. The second kappa shape index (κ2) is 7.11. The zero-order valence-electron chi connectivity index (χ0n) is 9.96. The molecule has 2 N–H and O–H groups in total. The molecule has 0 amide bonds. The molecular formula is C12H16N2O3S. The molecule has 0 bridgehead atoms. The molecule has 0 unspecified atom stereocenters. The number of hydrogen-bond donors (Lipinski definition) is 2. The molecule has 0 atom stereocenters. The minimum Gasteiger partial charge on any atom is -0.396 e. The van der Waals surface area contributed by atoms with Crippen LogP contribution in [0.1, 0.15) is 12.0 Å². The Labute approximate surface area is 107 Å². The van der Waals surface area contributed by atoms with Crippen molar-refractivity contribution in [2.24, 2.45) is 0 Å². The van der Waals surface area contributed by atoms with E-state index in [1.54, 1.807) is 12.1 Å². The van der Waals surface area contributed by atoms with Crippen LogP contribution in [0.4, 0.5) is 0 Å². The van der Waals surface area contributed by atoms with Crippen LogP contribution in [-0.2, 0) is 9.84 Å². The summed E-state index contributed by atoms with van der Waals surface area (Å²) in [4.78, 5) is 0.172. The van der Waals surface area contributed by atoms with Gasteiger partial charge in [-0.3, -0.25) is 0 Å². The summed E-state index contributed by atoms with van der Waals surface area (Å²) in [6.45, 7) is 1.01. The smallest absolute Gasteiger partial charge is 0.179 e. The number of nitrogens with one attached hydrogen (secondary N) is 1. The Hall–Kier alpha value is -1.42. The van der Waals surface area contributed by atoms with Gasteiger partial charge in [0.05, 0.1) is 22.3 Å². The average molecular weight is 268 g/mol. The molecule has 0 aliphatic heterocycles. The minimum atomic E-state index is -3.36. The summed E-state index contributed by atoms with van der Waals surface area (Å²) in [5.41, 5.74) is 0.337. The number of benzene rings is 1. The maximum atomic E-state index is 11.9. The number of rotatable bonds is 7. The molecule has 0 fully saturated rings. The summed E-state index contributed by atoms with van der Waals surface area (Å²) >= 11 is 0. The van der Waals surface area contributed by atoms with E-state index in [0.29, 0.717) is 25.1 Å². The van der Waals surface area contributed by atoms with Crippen molar-refractivity contribution in [2.45, 2.75) is 11.3 Å². The number of sulfone groups is 1. The van der Waals surface area contributed by atoms with Gasteiger partial charge in [-0.25, -0.2) is 8.42 Å². The number of nitriles is 1. The van der Waals surface area contributed by atoms with Gasteiger partial charge < -0.3 is 10.4 Å². The van der Waals surface area contributed by atoms with Gasteiger partial charge in [-0.2, -0.15) is 5.26 Å². The topological polar surface area (TPSA) is 90.2 Å². The highest BCUT2D eigenvalue weighted by Gasteiger charge is 2.14. The molecule has 0 radical (unpaired) electrons. The molecule has 5 nitrogen and oxygen atoms in total. The van der Waals surface area contributed by atoms with Crippen LogP contribution in [0.5, 0.6) is 0 Å². The van der Waals surface area contributed by atoms with Crippen molar-refractivity contribution in [1.29, 1.82) is 5.26 Å². The van der Waals surface area contributed by atoms with Crippen LogP contribution in [0, 0.1) is 11.3 Å². The zero-order valence-corrected chi connectivity index (χ0v) is 10.8. The first-order valence-corrected chi connectivity index (χ1v) is 7.30. The van der Waals surface area contributed by atoms with Gasteiger partial charge in [-0.1, -0.05) is 6.07 Å². The average Bonchev–Trinajstić information content (AvgIpc) is 2.38. The van der Waals surface area contributed by atoms with Gasteiger partial charge in [0.15, 0.2) is 9.84 Å². The Morgan fingerprint density at radius 3 is 2.78 bits per heavy atom. The highest BCUT2D eigenvalue weighted by molar-refractivity contribution is 7.91. The van der Waals surface area contributed by atoms with Crippen LogP contribution in [0.25, 0.3) is 0 Å². The van der Waals surface area contributed by atoms with Crippen LogP contribution >= 0.6 is 0 Å². The van der Waals surface area contributed by atoms with Crippen molar-refractivity contribution >= 4 is 9.84 Å². The summed E-state index contributed by atoms with van der Waals surface area (Å²) in [7, 11) is -3.36. The van der Waals surface area contributed by atoms with Gasteiger partial charge in [0.1, 0.15) is 0 Å². The molecule has 1 aromatic carbocycles. The Bertz CT molecular complexity index is 520. The lowest BCUT2D eigenvalue weighted by atomic mass is 10.2. The molecular weight excluding hydrogens is 252 g/mol. The van der Waals surface area contributed by atoms with E-state index in [-0.39, 0.29) is 17.3 Å². The van der Waals surface area contributed by atoms with E-state index < -0.39 is 9.84 Å². The van der Waals surface area contributed by atoms with Crippen LogP contribution in [0.2, 0.25) is 0 Å². The largest absolute Gasteiger partial charge is 0.396 e. The summed E-state index contributed by atoms with van der Waals surface area (Å²) in [5, 5.41) is 20.2. The first kappa shape index (κ1) is 14.6. The van der Waals surface area contributed by atoms with Crippen LogP contribution in [-0.4, -0.2) is 39.0 Å². The fourth-order valence-electron chi connectivity index (χ4n) is 1.41. The molecule has 0 aliphatic rings. The molecule has 0 saturated heterocycles. The zero-order chi connectivity index (χ0) is 13.4. The second-order valence-electron chi connectivity index (χ2n) is 3.79. The van der Waals surface area contributed by atoms with Gasteiger partial charge in [-0.05, 0) is 31.2 Å². The van der Waals surface area contributed by atoms with Crippen LogP contribution in [0.15, 0.2) is 29.2 Å². The number of nitrogens with zero attached hydrogens (tertiary/aromatic N) is 1. The Morgan fingerprint density at radius 2 is 2.11 bits per heavy atom. The molecule has 98 valence electrons. The Kier molecular flexibility index (Phi) is 5.78. The predicted molar refractivity (Wildman–Crippen MR) is 67.8 cm³/mol. The first-order valence-electron chi connectivity index (χ1n) is 5.64. The quantitative estimate of drug-likeness (QED) is 0.694. The third kappa shape index (κ3) is 4.45. The third-order valence-corrected chi connectivity index (χ3v) is 4.10. The van der Waals surface area contributed by atoms with Gasteiger partial charge in [0.25, 0.3) is 0 Å². The maximum absolute atomic E-state index is 11.9. The van der Waals surface area contributed by atoms with Crippen molar-refractivity contribution in [3.63, 3.8) is 0 Å². The standard InChI is InChI=1S/C12H16N2O3S/c13-10-11-3-1-4-12(9-11)18(16,17)8-6-14-5-2-7-15/h1,3-4,9,14-15H,2,5-8H2. The molecule has 1 rings (SSSR count). The van der Waals surface area contributed by atoms with E-state index in [1.807, 2.05) is 6.07 Å². The monoisotopic (exact) mass is 268 g/mol. The van der Waals surface area contributed by atoms with Crippen molar-refractivity contribution < 1.29 is 13.5 Å². The van der Waals surface area contributed by atoms with Crippen molar-refractivity contribution in [3.8, 4) is 6.07 Å². The number of aliphatic hydroxyl groups is 1. The van der Waals surface area contributed by atoms with E-state index in [0.717, 1.165) is 0 Å². The Balaban J connectivity index is 2.60. The Morgan fingerprint density at radius 1 is 1.33 bits per heavy atom. The summed E-state index contributed by atoms with van der Waals surface area (Å²) < 4.78 is 23.9. The molecule has 1 aromatic rings. The van der Waals surface area contributed by atoms with E-state index in [9.17, 15) is 8.42 Å². The lowest BCUT2D eigenvalue weighted by Gasteiger charge is -2.06. The van der Waals surface area contributed by atoms with Gasteiger partial charge in [0.2, 0.25) is 0 Å². The second-order valence-corrected chi connectivity index (χ2v) is 5.89. The molecule has 18 heavy (non-hydrogen) atoms. The van der Waals surface area contributed by atoms with Gasteiger partial charge >= 0.3 is 0 Å². The molecule has 6 heteroatoms. The fraction of sp³-hybridized carbons (Fsp3) is 0.417. The van der Waals surface area contributed by atoms with Gasteiger partial charge in [-0.15, -0.1) is 0 Å². The predicted octanol–water partition coefficient (Wildman–Crippen LogP) is 0.304. The highest BCUT2D eigenvalue weighted by Crippen LogP contribution is 2.12. The van der Waals surface area contributed by atoms with E-state index >= 15 is 0 Å². The van der Waals surface area contributed by atoms with Crippen molar-refractivity contribution in [2.75, 3.05) is 25.4 Å². The normalized spacial score (nSPS) is 11.1. The number of hydrogen-bond acceptors (Lipinski definition) is 5. The van der Waals surface area contributed by atoms with Crippen LogP contribution in [0.3, 0.4) is 0 Å². The van der Waals surface area contributed by atoms with Gasteiger partial charge in [0, 0.05) is 13.2 Å². The van der Waals surface area contributed by atoms with Crippen molar-refractivity contribution in [1.82, 2.24) is 5.32 Å². The minimum absolute atomic E-state index is 0.0205. The van der Waals surface area contributed by atoms with E-state index in [1.165, 1.54) is 12.1 Å². The molecule has 0 saturated carbocycles. The molecule has 0 spiro atoms. The summed E-state index contributed by atoms with van der Waals surface area (Å²) in [6.07, 6.45) is 0.601.